The maximum atomic E-state index is 13.0. The molecule has 1 unspecified atom stereocenters. The summed E-state index contributed by atoms with van der Waals surface area (Å²) in [6.07, 6.45) is 1.97. The largest absolute Gasteiger partial charge is 0.502 e. The van der Waals surface area contributed by atoms with E-state index in [1.807, 2.05) is 36.4 Å². The van der Waals surface area contributed by atoms with Crippen molar-refractivity contribution in [3.8, 4) is 17.6 Å². The van der Waals surface area contributed by atoms with E-state index in [2.05, 4.69) is 44.2 Å². The van der Waals surface area contributed by atoms with Crippen LogP contribution in [0.15, 0.2) is 59.7 Å². The average Bonchev–Trinajstić information content (AvgIpc) is 2.90. The Morgan fingerprint density at radius 3 is 2.43 bits per heavy atom. The van der Waals surface area contributed by atoms with E-state index in [0.29, 0.717) is 24.8 Å². The lowest BCUT2D eigenvalue weighted by Crippen LogP contribution is -2.50. The van der Waals surface area contributed by atoms with Crippen LogP contribution in [-0.2, 0) is 17.7 Å². The van der Waals surface area contributed by atoms with Crippen LogP contribution in [0.5, 0.6) is 5.75 Å². The number of methoxy groups -OCH3 is 1. The summed E-state index contributed by atoms with van der Waals surface area (Å²) in [6.45, 7) is 4.62. The van der Waals surface area contributed by atoms with Crippen molar-refractivity contribution in [1.82, 2.24) is 20.2 Å². The molecule has 0 spiro atoms. The number of benzene rings is 2. The predicted molar refractivity (Wildman–Crippen MR) is 141 cm³/mol. The number of aromatic amines is 1. The molecule has 1 saturated heterocycles. The zero-order valence-corrected chi connectivity index (χ0v) is 21.2. The van der Waals surface area contributed by atoms with E-state index in [9.17, 15) is 14.3 Å². The Hall–Kier alpha value is -3.51. The molecule has 37 heavy (non-hydrogen) atoms. The number of H-pyrrole nitrogens is 1. The maximum Gasteiger partial charge on any atom is 0.293 e. The molecule has 1 aromatic heterocycles. The lowest BCUT2D eigenvalue weighted by Gasteiger charge is -2.38. The highest BCUT2D eigenvalue weighted by Gasteiger charge is 2.25. The average molecular weight is 505 g/mol. The molecule has 3 N–H and O–H groups in total. The molecule has 0 amide bonds. The van der Waals surface area contributed by atoms with Crippen LogP contribution in [0.1, 0.15) is 40.8 Å². The van der Waals surface area contributed by atoms with Crippen molar-refractivity contribution in [1.29, 1.82) is 0 Å². The minimum Gasteiger partial charge on any atom is -0.502 e. The van der Waals surface area contributed by atoms with E-state index in [0.717, 1.165) is 36.3 Å². The van der Waals surface area contributed by atoms with E-state index in [-0.39, 0.29) is 17.7 Å². The van der Waals surface area contributed by atoms with Gasteiger partial charge < -0.3 is 20.1 Å². The molecule has 2 heterocycles. The molecule has 0 radical (unpaired) electrons. The molecule has 194 valence electrons. The summed E-state index contributed by atoms with van der Waals surface area (Å²) in [5, 5.41) is 13.3. The number of likely N-dealkylation sites (tertiary alicyclic amines) is 1. The molecule has 3 aromatic rings. The number of halogens is 1. The second kappa shape index (κ2) is 12.6. The molecule has 0 aliphatic carbocycles. The number of aromatic hydroxyl groups is 1. The number of nitrogens with zero attached hydrogens (tertiary/aromatic N) is 2. The molecule has 1 aliphatic heterocycles. The summed E-state index contributed by atoms with van der Waals surface area (Å²) in [5.41, 5.74) is 3.80. The first kappa shape index (κ1) is 26.6. The Morgan fingerprint density at radius 1 is 1.16 bits per heavy atom. The number of nitrogens with one attached hydrogen (secondary N) is 2. The lowest BCUT2D eigenvalue weighted by atomic mass is 9.92. The molecular weight excluding hydrogens is 471 g/mol. The highest BCUT2D eigenvalue weighted by atomic mass is 19.1. The van der Waals surface area contributed by atoms with Gasteiger partial charge in [-0.1, -0.05) is 36.1 Å². The fourth-order valence-corrected chi connectivity index (χ4v) is 4.25. The molecule has 0 bridgehead atoms. The molecular formula is C29H33FN4O3. The number of rotatable bonds is 10. The van der Waals surface area contributed by atoms with Gasteiger partial charge >= 0.3 is 0 Å². The fraction of sp³-hybridized carbons (Fsp3) is 0.379. The third-order valence-electron chi connectivity index (χ3n) is 6.64. The maximum absolute atomic E-state index is 13.0. The van der Waals surface area contributed by atoms with Crippen molar-refractivity contribution >= 4 is 0 Å². The van der Waals surface area contributed by atoms with Gasteiger partial charge in [0.05, 0.1) is 18.1 Å². The van der Waals surface area contributed by atoms with Gasteiger partial charge in [0.1, 0.15) is 6.67 Å². The predicted octanol–water partition coefficient (Wildman–Crippen LogP) is 2.98. The van der Waals surface area contributed by atoms with Crippen LogP contribution in [0.2, 0.25) is 0 Å². The van der Waals surface area contributed by atoms with Crippen LogP contribution in [0.3, 0.4) is 0 Å². The Kier molecular flexibility index (Phi) is 9.07. The number of hydrogen-bond acceptors (Lipinski definition) is 6. The van der Waals surface area contributed by atoms with Crippen LogP contribution in [0.25, 0.3) is 0 Å². The van der Waals surface area contributed by atoms with E-state index in [1.165, 1.54) is 11.9 Å². The molecule has 2 atom stereocenters. The Balaban J connectivity index is 1.42. The van der Waals surface area contributed by atoms with Gasteiger partial charge in [0.2, 0.25) is 5.75 Å². The minimum absolute atomic E-state index is 0.116. The van der Waals surface area contributed by atoms with Crippen LogP contribution in [-0.4, -0.2) is 65.5 Å². The summed E-state index contributed by atoms with van der Waals surface area (Å²) < 4.78 is 18.3. The SMILES string of the molecule is COC1CN(Cc2ccc(C#Cc3ccc(C(CN[C@H](C)CF)Cc4nc[nH]c(=O)c4O)cc3)cc2)C1. The van der Waals surface area contributed by atoms with E-state index < -0.39 is 12.2 Å². The second-order valence-corrected chi connectivity index (χ2v) is 9.51. The van der Waals surface area contributed by atoms with Gasteiger partial charge in [-0.05, 0) is 42.3 Å². The molecule has 0 saturated carbocycles. The Bertz CT molecular complexity index is 1280. The van der Waals surface area contributed by atoms with Gasteiger partial charge in [-0.3, -0.25) is 9.69 Å². The van der Waals surface area contributed by atoms with Gasteiger partial charge in [-0.25, -0.2) is 9.37 Å². The van der Waals surface area contributed by atoms with Crippen molar-refractivity contribution < 1.29 is 14.2 Å². The van der Waals surface area contributed by atoms with Crippen LogP contribution < -0.4 is 10.9 Å². The molecule has 2 aromatic carbocycles. The quantitative estimate of drug-likeness (QED) is 0.368. The van der Waals surface area contributed by atoms with Crippen molar-refractivity contribution in [3.05, 3.63) is 93.2 Å². The van der Waals surface area contributed by atoms with Gasteiger partial charge in [0.15, 0.2) is 0 Å². The topological polar surface area (TPSA) is 90.5 Å². The smallest absolute Gasteiger partial charge is 0.293 e. The molecule has 1 aliphatic rings. The van der Waals surface area contributed by atoms with Gasteiger partial charge in [0, 0.05) is 62.8 Å². The van der Waals surface area contributed by atoms with Crippen molar-refractivity contribution in [2.45, 2.75) is 38.0 Å². The summed E-state index contributed by atoms with van der Waals surface area (Å²) in [6, 6.07) is 15.9. The third kappa shape index (κ3) is 7.26. The highest BCUT2D eigenvalue weighted by molar-refractivity contribution is 5.44. The number of alkyl halides is 1. The van der Waals surface area contributed by atoms with Crippen LogP contribution in [0.4, 0.5) is 4.39 Å². The van der Waals surface area contributed by atoms with Crippen molar-refractivity contribution in [2.24, 2.45) is 0 Å². The lowest BCUT2D eigenvalue weighted by molar-refractivity contribution is -0.0333. The molecule has 1 fully saturated rings. The minimum atomic E-state index is -0.576. The normalized spacial score (nSPS) is 15.4. The first-order valence-electron chi connectivity index (χ1n) is 12.5. The van der Waals surface area contributed by atoms with E-state index in [1.54, 1.807) is 14.0 Å². The Labute approximate surface area is 216 Å². The van der Waals surface area contributed by atoms with Crippen molar-refractivity contribution in [3.63, 3.8) is 0 Å². The Morgan fingerprint density at radius 2 is 1.81 bits per heavy atom. The van der Waals surface area contributed by atoms with Gasteiger partial charge in [-0.15, -0.1) is 0 Å². The summed E-state index contributed by atoms with van der Waals surface area (Å²) in [4.78, 5) is 20.6. The summed E-state index contributed by atoms with van der Waals surface area (Å²) in [5.74, 6) is 5.92. The van der Waals surface area contributed by atoms with Gasteiger partial charge in [0.25, 0.3) is 5.56 Å². The van der Waals surface area contributed by atoms with Crippen LogP contribution in [0, 0.1) is 11.8 Å². The van der Waals surface area contributed by atoms with E-state index in [4.69, 9.17) is 4.74 Å². The fourth-order valence-electron chi connectivity index (χ4n) is 4.25. The van der Waals surface area contributed by atoms with Gasteiger partial charge in [-0.2, -0.15) is 0 Å². The molecule has 8 heteroatoms. The first-order valence-corrected chi connectivity index (χ1v) is 12.5. The standard InChI is InChI=1S/C29H33FN4O3/c1-20(14-30)31-15-25(13-27-28(35)29(36)33-19-32-27)24-11-9-22(10-12-24)4-3-21-5-7-23(8-6-21)16-34-17-26(18-34)37-2/h5-12,19-20,25-26,31,35H,13-18H2,1-2H3,(H,32,33,36)/t20-,25?/m1/s1. The van der Waals surface area contributed by atoms with Crippen molar-refractivity contribution in [2.75, 3.05) is 33.4 Å². The zero-order chi connectivity index (χ0) is 26.2. The number of aromatic nitrogens is 2. The third-order valence-corrected chi connectivity index (χ3v) is 6.64. The monoisotopic (exact) mass is 504 g/mol. The molecule has 4 rings (SSSR count). The first-order chi connectivity index (χ1) is 17.9. The van der Waals surface area contributed by atoms with E-state index >= 15 is 0 Å². The van der Waals surface area contributed by atoms with Crippen LogP contribution >= 0.6 is 0 Å². The second-order valence-electron chi connectivity index (χ2n) is 9.51. The number of ether oxygens (including phenoxy) is 1. The molecule has 7 nitrogen and oxygen atoms in total. The summed E-state index contributed by atoms with van der Waals surface area (Å²) in [7, 11) is 1.76. The summed E-state index contributed by atoms with van der Waals surface area (Å²) >= 11 is 0. The zero-order valence-electron chi connectivity index (χ0n) is 21.2. The number of hydrogen-bond donors (Lipinski definition) is 3. The highest BCUT2D eigenvalue weighted by Crippen LogP contribution is 2.23.